The van der Waals surface area contributed by atoms with Crippen LogP contribution in [0.15, 0.2) is 35.5 Å². The standard InChI is InChI=1S/C12H14N4O3S/c13-11-14-15-12(20-8-10(17)18)16(11)6-7-19-9-4-2-1-3-5-9/h1-5H,6-8H2,(H2,13,14)(H,17,18). The largest absolute Gasteiger partial charge is 0.492 e. The minimum atomic E-state index is -0.913. The molecule has 0 unspecified atom stereocenters. The van der Waals surface area contributed by atoms with Crippen LogP contribution in [-0.4, -0.2) is 38.2 Å². The zero-order valence-electron chi connectivity index (χ0n) is 10.6. The second kappa shape index (κ2) is 6.80. The van der Waals surface area contributed by atoms with E-state index in [1.807, 2.05) is 30.3 Å². The van der Waals surface area contributed by atoms with Crippen LogP contribution in [0.2, 0.25) is 0 Å². The molecule has 1 heterocycles. The number of ether oxygens (including phenoxy) is 1. The quantitative estimate of drug-likeness (QED) is 0.737. The van der Waals surface area contributed by atoms with Gasteiger partial charge in [-0.2, -0.15) is 0 Å². The van der Waals surface area contributed by atoms with Gasteiger partial charge in [-0.25, -0.2) is 0 Å². The van der Waals surface area contributed by atoms with Crippen LogP contribution in [-0.2, 0) is 11.3 Å². The van der Waals surface area contributed by atoms with Crippen molar-refractivity contribution in [1.82, 2.24) is 14.8 Å². The van der Waals surface area contributed by atoms with Gasteiger partial charge < -0.3 is 15.6 Å². The predicted molar refractivity (Wildman–Crippen MR) is 74.7 cm³/mol. The van der Waals surface area contributed by atoms with Gasteiger partial charge in [0.15, 0.2) is 5.16 Å². The summed E-state index contributed by atoms with van der Waals surface area (Å²) in [5.74, 6) is 0.00889. The van der Waals surface area contributed by atoms with E-state index in [0.29, 0.717) is 18.3 Å². The molecule has 0 saturated carbocycles. The highest BCUT2D eigenvalue weighted by atomic mass is 32.2. The van der Waals surface area contributed by atoms with Crippen LogP contribution >= 0.6 is 11.8 Å². The smallest absolute Gasteiger partial charge is 0.313 e. The fourth-order valence-corrected chi connectivity index (χ4v) is 2.21. The van der Waals surface area contributed by atoms with E-state index in [0.717, 1.165) is 17.5 Å². The van der Waals surface area contributed by atoms with E-state index in [4.69, 9.17) is 15.6 Å². The van der Waals surface area contributed by atoms with Crippen molar-refractivity contribution in [2.45, 2.75) is 11.7 Å². The molecule has 0 bridgehead atoms. The Kier molecular flexibility index (Phi) is 4.83. The zero-order chi connectivity index (χ0) is 14.4. The van der Waals surface area contributed by atoms with Gasteiger partial charge in [0.1, 0.15) is 12.4 Å². The van der Waals surface area contributed by atoms with E-state index in [-0.39, 0.29) is 11.7 Å². The number of benzene rings is 1. The second-order valence-corrected chi connectivity index (χ2v) is 4.78. The van der Waals surface area contributed by atoms with Crippen molar-refractivity contribution < 1.29 is 14.6 Å². The van der Waals surface area contributed by atoms with Crippen molar-refractivity contribution >= 4 is 23.7 Å². The number of nitrogen functional groups attached to an aromatic ring is 1. The van der Waals surface area contributed by atoms with E-state index in [1.165, 1.54) is 0 Å². The molecule has 0 aliphatic heterocycles. The Balaban J connectivity index is 1.91. The summed E-state index contributed by atoms with van der Waals surface area (Å²) in [5.41, 5.74) is 5.70. The van der Waals surface area contributed by atoms with Gasteiger partial charge in [-0.15, -0.1) is 10.2 Å². The average Bonchev–Trinajstić information content (AvgIpc) is 2.79. The Morgan fingerprint density at radius 2 is 2.10 bits per heavy atom. The summed E-state index contributed by atoms with van der Waals surface area (Å²) in [4.78, 5) is 10.6. The number of aliphatic carboxylic acids is 1. The van der Waals surface area contributed by atoms with Crippen LogP contribution in [0, 0.1) is 0 Å². The highest BCUT2D eigenvalue weighted by Gasteiger charge is 2.11. The van der Waals surface area contributed by atoms with Crippen molar-refractivity contribution in [1.29, 1.82) is 0 Å². The fraction of sp³-hybridized carbons (Fsp3) is 0.250. The molecule has 0 saturated heterocycles. The van der Waals surface area contributed by atoms with Crippen molar-refractivity contribution in [2.75, 3.05) is 18.1 Å². The van der Waals surface area contributed by atoms with Gasteiger partial charge in [-0.05, 0) is 12.1 Å². The number of carboxylic acid groups (broad SMARTS) is 1. The molecular weight excluding hydrogens is 280 g/mol. The molecule has 1 aromatic heterocycles. The highest BCUT2D eigenvalue weighted by Crippen LogP contribution is 2.18. The topological polar surface area (TPSA) is 103 Å². The summed E-state index contributed by atoms with van der Waals surface area (Å²) < 4.78 is 7.19. The number of hydrogen-bond acceptors (Lipinski definition) is 6. The van der Waals surface area contributed by atoms with Crippen LogP contribution in [0.1, 0.15) is 0 Å². The van der Waals surface area contributed by atoms with Crippen LogP contribution in [0.4, 0.5) is 5.95 Å². The van der Waals surface area contributed by atoms with E-state index in [2.05, 4.69) is 10.2 Å². The van der Waals surface area contributed by atoms with Crippen LogP contribution < -0.4 is 10.5 Å². The molecule has 8 heteroatoms. The second-order valence-electron chi connectivity index (χ2n) is 3.84. The number of aromatic nitrogens is 3. The summed E-state index contributed by atoms with van der Waals surface area (Å²) in [7, 11) is 0. The van der Waals surface area contributed by atoms with E-state index >= 15 is 0 Å². The summed E-state index contributed by atoms with van der Waals surface area (Å²) in [6.07, 6.45) is 0. The van der Waals surface area contributed by atoms with Crippen LogP contribution in [0.5, 0.6) is 5.75 Å². The summed E-state index contributed by atoms with van der Waals surface area (Å²) in [5, 5.41) is 16.7. The van der Waals surface area contributed by atoms with Crippen molar-refractivity contribution in [2.24, 2.45) is 0 Å². The maximum absolute atomic E-state index is 10.6. The molecule has 2 aromatic rings. The number of hydrogen-bond donors (Lipinski definition) is 2. The first-order chi connectivity index (χ1) is 9.66. The maximum atomic E-state index is 10.6. The molecule has 0 spiro atoms. The van der Waals surface area contributed by atoms with Gasteiger partial charge in [0.05, 0.1) is 12.3 Å². The molecule has 2 rings (SSSR count). The molecule has 0 fully saturated rings. The van der Waals surface area contributed by atoms with Gasteiger partial charge >= 0.3 is 5.97 Å². The molecule has 7 nitrogen and oxygen atoms in total. The maximum Gasteiger partial charge on any atom is 0.313 e. The number of anilines is 1. The summed E-state index contributed by atoms with van der Waals surface area (Å²) >= 11 is 1.08. The first-order valence-electron chi connectivity index (χ1n) is 5.88. The number of nitrogens with zero attached hydrogens (tertiary/aromatic N) is 3. The molecule has 1 aromatic carbocycles. The third-order valence-corrected chi connectivity index (χ3v) is 3.35. The third kappa shape index (κ3) is 3.89. The summed E-state index contributed by atoms with van der Waals surface area (Å²) in [6, 6.07) is 9.39. The molecule has 0 radical (unpaired) electrons. The van der Waals surface area contributed by atoms with Gasteiger partial charge in [-0.3, -0.25) is 9.36 Å². The monoisotopic (exact) mass is 294 g/mol. The molecule has 0 atom stereocenters. The number of rotatable bonds is 7. The number of nitrogens with two attached hydrogens (primary N) is 1. The molecule has 0 amide bonds. The third-order valence-electron chi connectivity index (χ3n) is 2.40. The first-order valence-corrected chi connectivity index (χ1v) is 6.86. The van der Waals surface area contributed by atoms with E-state index in [9.17, 15) is 4.79 Å². The lowest BCUT2D eigenvalue weighted by Gasteiger charge is -2.09. The fourth-order valence-electron chi connectivity index (χ4n) is 1.51. The first kappa shape index (κ1) is 14.2. The van der Waals surface area contributed by atoms with Crippen molar-refractivity contribution in [3.63, 3.8) is 0 Å². The number of thioether (sulfide) groups is 1. The van der Waals surface area contributed by atoms with Crippen molar-refractivity contribution in [3.8, 4) is 5.75 Å². The molecule has 0 aliphatic carbocycles. The van der Waals surface area contributed by atoms with Crippen LogP contribution in [0.25, 0.3) is 0 Å². The minimum absolute atomic E-state index is 0.0856. The number of para-hydroxylation sites is 1. The Labute approximate surface area is 119 Å². The predicted octanol–water partition coefficient (Wildman–Crippen LogP) is 1.12. The molecule has 3 N–H and O–H groups in total. The Morgan fingerprint density at radius 1 is 1.35 bits per heavy atom. The van der Waals surface area contributed by atoms with Gasteiger partial charge in [-0.1, -0.05) is 30.0 Å². The van der Waals surface area contributed by atoms with Gasteiger partial charge in [0.2, 0.25) is 5.95 Å². The Bertz CT molecular complexity index is 573. The van der Waals surface area contributed by atoms with Gasteiger partial charge in [0, 0.05) is 0 Å². The molecular formula is C12H14N4O3S. The number of carbonyl (C=O) groups is 1. The molecule has 106 valence electrons. The normalized spacial score (nSPS) is 10.4. The Hall–Kier alpha value is -2.22. The minimum Gasteiger partial charge on any atom is -0.492 e. The zero-order valence-corrected chi connectivity index (χ0v) is 11.4. The van der Waals surface area contributed by atoms with E-state index in [1.54, 1.807) is 4.57 Å². The average molecular weight is 294 g/mol. The molecule has 20 heavy (non-hydrogen) atoms. The SMILES string of the molecule is Nc1nnc(SCC(=O)O)n1CCOc1ccccc1. The summed E-state index contributed by atoms with van der Waals surface area (Å²) in [6.45, 7) is 0.850. The highest BCUT2D eigenvalue weighted by molar-refractivity contribution is 7.99. The van der Waals surface area contributed by atoms with Crippen LogP contribution in [0.3, 0.4) is 0 Å². The lowest BCUT2D eigenvalue weighted by Crippen LogP contribution is -2.12. The van der Waals surface area contributed by atoms with Crippen molar-refractivity contribution in [3.05, 3.63) is 30.3 Å². The molecule has 0 aliphatic rings. The van der Waals surface area contributed by atoms with Gasteiger partial charge in [0.25, 0.3) is 0 Å². The Morgan fingerprint density at radius 3 is 2.80 bits per heavy atom. The number of carboxylic acids is 1. The lowest BCUT2D eigenvalue weighted by molar-refractivity contribution is -0.133. The lowest BCUT2D eigenvalue weighted by atomic mass is 10.3. The van der Waals surface area contributed by atoms with E-state index < -0.39 is 5.97 Å².